The first-order valence-corrected chi connectivity index (χ1v) is 13.5. The van der Waals surface area contributed by atoms with Crippen molar-refractivity contribution in [3.8, 4) is 5.75 Å². The van der Waals surface area contributed by atoms with Gasteiger partial charge in [0.05, 0.1) is 16.5 Å². The van der Waals surface area contributed by atoms with Gasteiger partial charge in [-0.15, -0.1) is 0 Å². The summed E-state index contributed by atoms with van der Waals surface area (Å²) >= 11 is 6.10. The van der Waals surface area contributed by atoms with Gasteiger partial charge in [-0.05, 0) is 64.5 Å². The maximum absolute atomic E-state index is 12.3. The first kappa shape index (κ1) is 25.1. The molecule has 180 valence electrons. The summed E-state index contributed by atoms with van der Waals surface area (Å²) in [6.45, 7) is 9.47. The Balaban J connectivity index is 1.40. The van der Waals surface area contributed by atoms with Crippen molar-refractivity contribution in [1.82, 2.24) is 9.80 Å². The third-order valence-electron chi connectivity index (χ3n) is 6.09. The average molecular weight is 487 g/mol. The van der Waals surface area contributed by atoms with Crippen molar-refractivity contribution in [3.63, 3.8) is 0 Å². The SMILES string of the molecule is CC(C)(C)OC(=O)N1CCN(C2CCC(COc3ccc(S(C)(=O)=O)c(Cl)c3)CC2)CC1. The van der Waals surface area contributed by atoms with E-state index in [2.05, 4.69) is 4.90 Å². The van der Waals surface area contributed by atoms with Crippen LogP contribution in [0, 0.1) is 5.92 Å². The Morgan fingerprint density at radius 1 is 1.09 bits per heavy atom. The van der Waals surface area contributed by atoms with Crippen molar-refractivity contribution in [2.24, 2.45) is 5.92 Å². The van der Waals surface area contributed by atoms with Crippen LogP contribution in [0.15, 0.2) is 23.1 Å². The molecule has 1 amide bonds. The number of halogens is 1. The van der Waals surface area contributed by atoms with Gasteiger partial charge in [-0.2, -0.15) is 0 Å². The van der Waals surface area contributed by atoms with Gasteiger partial charge in [0.25, 0.3) is 0 Å². The molecule has 32 heavy (non-hydrogen) atoms. The maximum Gasteiger partial charge on any atom is 0.410 e. The number of rotatable bonds is 5. The normalized spacial score (nSPS) is 23.1. The Hall–Kier alpha value is -1.51. The minimum Gasteiger partial charge on any atom is -0.493 e. The minimum atomic E-state index is -3.34. The van der Waals surface area contributed by atoms with Gasteiger partial charge in [-0.1, -0.05) is 11.6 Å². The Morgan fingerprint density at radius 2 is 1.72 bits per heavy atom. The van der Waals surface area contributed by atoms with Gasteiger partial charge in [0, 0.05) is 44.5 Å². The lowest BCUT2D eigenvalue weighted by Gasteiger charge is -2.42. The second kappa shape index (κ2) is 10.2. The lowest BCUT2D eigenvalue weighted by molar-refractivity contribution is 0.00653. The van der Waals surface area contributed by atoms with Crippen LogP contribution in [0.4, 0.5) is 4.79 Å². The third kappa shape index (κ3) is 6.99. The average Bonchev–Trinajstić information content (AvgIpc) is 2.70. The molecule has 0 spiro atoms. The van der Waals surface area contributed by atoms with Crippen molar-refractivity contribution in [1.29, 1.82) is 0 Å². The van der Waals surface area contributed by atoms with Crippen molar-refractivity contribution in [2.45, 2.75) is 63.0 Å². The van der Waals surface area contributed by atoms with Crippen LogP contribution >= 0.6 is 11.6 Å². The quantitative estimate of drug-likeness (QED) is 0.619. The molecule has 0 radical (unpaired) electrons. The number of ether oxygens (including phenoxy) is 2. The van der Waals surface area contributed by atoms with E-state index in [1.165, 1.54) is 6.07 Å². The van der Waals surface area contributed by atoms with Gasteiger partial charge in [0.15, 0.2) is 9.84 Å². The highest BCUT2D eigenvalue weighted by Crippen LogP contribution is 2.31. The van der Waals surface area contributed by atoms with Gasteiger partial charge in [0.2, 0.25) is 0 Å². The Kier molecular flexibility index (Phi) is 7.99. The number of amides is 1. The zero-order valence-electron chi connectivity index (χ0n) is 19.5. The Morgan fingerprint density at radius 3 is 2.25 bits per heavy atom. The molecule has 1 aliphatic heterocycles. The molecule has 0 bridgehead atoms. The molecule has 0 N–H and O–H groups in total. The molecule has 1 heterocycles. The van der Waals surface area contributed by atoms with Crippen LogP contribution in [0.25, 0.3) is 0 Å². The molecule has 1 aliphatic carbocycles. The monoisotopic (exact) mass is 486 g/mol. The van der Waals surface area contributed by atoms with E-state index in [0.29, 0.717) is 37.4 Å². The van der Waals surface area contributed by atoms with Crippen LogP contribution in [0.3, 0.4) is 0 Å². The first-order valence-electron chi connectivity index (χ1n) is 11.3. The van der Waals surface area contributed by atoms with E-state index in [9.17, 15) is 13.2 Å². The number of hydrogen-bond acceptors (Lipinski definition) is 6. The molecular weight excluding hydrogens is 452 g/mol. The van der Waals surface area contributed by atoms with E-state index >= 15 is 0 Å². The van der Waals surface area contributed by atoms with Crippen molar-refractivity contribution < 1.29 is 22.7 Å². The van der Waals surface area contributed by atoms with Gasteiger partial charge in [-0.3, -0.25) is 4.90 Å². The van der Waals surface area contributed by atoms with Crippen LogP contribution in [0.1, 0.15) is 46.5 Å². The summed E-state index contributed by atoms with van der Waals surface area (Å²) in [5, 5.41) is 0.194. The molecule has 2 aliphatic rings. The highest BCUT2D eigenvalue weighted by Gasteiger charge is 2.31. The first-order chi connectivity index (χ1) is 14.9. The molecule has 1 aromatic rings. The predicted octanol–water partition coefficient (Wildman–Crippen LogP) is 4.23. The number of piperazine rings is 1. The zero-order valence-corrected chi connectivity index (χ0v) is 21.0. The van der Waals surface area contributed by atoms with Crippen molar-refractivity contribution >= 4 is 27.5 Å². The third-order valence-corrected chi connectivity index (χ3v) is 7.67. The number of sulfone groups is 1. The second-order valence-electron chi connectivity index (χ2n) is 9.85. The van der Waals surface area contributed by atoms with Crippen molar-refractivity contribution in [3.05, 3.63) is 23.2 Å². The number of nitrogens with zero attached hydrogens (tertiary/aromatic N) is 2. The van der Waals surface area contributed by atoms with Crippen LogP contribution in [-0.2, 0) is 14.6 Å². The molecular formula is C23H35ClN2O5S. The highest BCUT2D eigenvalue weighted by molar-refractivity contribution is 7.90. The molecule has 1 saturated carbocycles. The fourth-order valence-corrected chi connectivity index (χ4v) is 5.68. The standard InChI is InChI=1S/C23H35ClN2O5S/c1-23(2,3)31-22(27)26-13-11-25(12-14-26)18-7-5-17(6-8-18)16-30-19-9-10-21(20(24)15-19)32(4,28)29/h9-10,15,17-18H,5-8,11-14,16H2,1-4H3. The van der Waals surface area contributed by atoms with E-state index in [4.69, 9.17) is 21.1 Å². The van der Waals surface area contributed by atoms with Crippen molar-refractivity contribution in [2.75, 3.05) is 39.0 Å². The molecule has 2 fully saturated rings. The molecule has 0 unspecified atom stereocenters. The molecule has 9 heteroatoms. The van der Waals surface area contributed by atoms with Gasteiger partial charge >= 0.3 is 6.09 Å². The number of carbonyl (C=O) groups excluding carboxylic acids is 1. The summed E-state index contributed by atoms with van der Waals surface area (Å²) in [7, 11) is -3.34. The number of benzene rings is 1. The molecule has 1 aromatic carbocycles. The van der Waals surface area contributed by atoms with Gasteiger partial charge in [-0.25, -0.2) is 13.2 Å². The van der Waals surface area contributed by atoms with Gasteiger partial charge in [0.1, 0.15) is 11.4 Å². The summed E-state index contributed by atoms with van der Waals surface area (Å²) in [6, 6.07) is 5.29. The summed E-state index contributed by atoms with van der Waals surface area (Å²) in [5.74, 6) is 1.07. The Bertz CT molecular complexity index is 899. The number of hydrogen-bond donors (Lipinski definition) is 0. The molecule has 0 aromatic heterocycles. The maximum atomic E-state index is 12.3. The second-order valence-corrected chi connectivity index (χ2v) is 12.2. The lowest BCUT2D eigenvalue weighted by Crippen LogP contribution is -2.53. The fourth-order valence-electron chi connectivity index (χ4n) is 4.36. The van der Waals surface area contributed by atoms with E-state index in [1.54, 1.807) is 17.0 Å². The summed E-state index contributed by atoms with van der Waals surface area (Å²) < 4.78 is 34.8. The van der Waals surface area contributed by atoms with Crippen LogP contribution in [-0.4, -0.2) is 75.0 Å². The molecule has 1 saturated heterocycles. The van der Waals surface area contributed by atoms with Crippen LogP contribution in [0.2, 0.25) is 5.02 Å². The highest BCUT2D eigenvalue weighted by atomic mass is 35.5. The molecule has 0 atom stereocenters. The zero-order chi connectivity index (χ0) is 23.5. The van der Waals surface area contributed by atoms with E-state index in [1.807, 2.05) is 20.8 Å². The summed E-state index contributed by atoms with van der Waals surface area (Å²) in [5.41, 5.74) is -0.463. The van der Waals surface area contributed by atoms with Gasteiger partial charge < -0.3 is 14.4 Å². The number of carbonyl (C=O) groups is 1. The minimum absolute atomic E-state index is 0.124. The van der Waals surface area contributed by atoms with Crippen LogP contribution < -0.4 is 4.74 Å². The molecule has 7 nitrogen and oxygen atoms in total. The topological polar surface area (TPSA) is 76.2 Å². The largest absolute Gasteiger partial charge is 0.493 e. The van der Waals surface area contributed by atoms with Crippen LogP contribution in [0.5, 0.6) is 5.75 Å². The molecule has 3 rings (SSSR count). The lowest BCUT2D eigenvalue weighted by atomic mass is 9.85. The predicted molar refractivity (Wildman–Crippen MR) is 125 cm³/mol. The summed E-state index contributed by atoms with van der Waals surface area (Å²) in [4.78, 5) is 16.7. The summed E-state index contributed by atoms with van der Waals surface area (Å²) in [6.07, 6.45) is 5.34. The Labute approximate surface area is 196 Å². The van der Waals surface area contributed by atoms with E-state index in [0.717, 1.165) is 45.0 Å². The van der Waals surface area contributed by atoms with E-state index < -0.39 is 15.4 Å². The fraction of sp³-hybridized carbons (Fsp3) is 0.696. The smallest absolute Gasteiger partial charge is 0.410 e. The van der Waals surface area contributed by atoms with E-state index in [-0.39, 0.29) is 16.0 Å².